The fourth-order valence-corrected chi connectivity index (χ4v) is 4.13. The van der Waals surface area contributed by atoms with Gasteiger partial charge in [0, 0.05) is 12.2 Å². The molecule has 0 atom stereocenters. The molecule has 1 aliphatic heterocycles. The van der Waals surface area contributed by atoms with Crippen molar-refractivity contribution in [3.8, 4) is 17.1 Å². The van der Waals surface area contributed by atoms with Crippen LogP contribution in [0.5, 0.6) is 5.75 Å². The Hall–Kier alpha value is -3.78. The Morgan fingerprint density at radius 3 is 2.65 bits per heavy atom. The molecule has 5 rings (SSSR count). The van der Waals surface area contributed by atoms with Crippen LogP contribution in [-0.4, -0.2) is 51.1 Å². The van der Waals surface area contributed by atoms with E-state index in [0.29, 0.717) is 19.8 Å². The number of hydrogen-bond acceptors (Lipinski definition) is 7. The zero-order chi connectivity index (χ0) is 23.5. The van der Waals surface area contributed by atoms with Crippen molar-refractivity contribution in [3.05, 3.63) is 66.3 Å². The SMILES string of the molecule is COc1ccc(Cn2nc(-c3cc(C4=CCOCC4)ncn3)c3c(NC(C)C)nccc32)cc1. The number of pyridine rings is 1. The van der Waals surface area contributed by atoms with E-state index >= 15 is 0 Å². The third kappa shape index (κ3) is 4.49. The van der Waals surface area contributed by atoms with E-state index in [4.69, 9.17) is 14.6 Å². The molecule has 0 spiro atoms. The van der Waals surface area contributed by atoms with Gasteiger partial charge in [-0.2, -0.15) is 5.10 Å². The minimum atomic E-state index is 0.226. The molecular formula is C26H28N6O2. The summed E-state index contributed by atoms with van der Waals surface area (Å²) in [5.74, 6) is 1.63. The molecule has 0 bridgehead atoms. The molecule has 8 nitrogen and oxygen atoms in total. The lowest BCUT2D eigenvalue weighted by atomic mass is 10.1. The molecule has 0 radical (unpaired) electrons. The molecular weight excluding hydrogens is 428 g/mol. The summed E-state index contributed by atoms with van der Waals surface area (Å²) < 4.78 is 12.8. The number of rotatable bonds is 7. The van der Waals surface area contributed by atoms with Gasteiger partial charge in [-0.25, -0.2) is 15.0 Å². The summed E-state index contributed by atoms with van der Waals surface area (Å²) >= 11 is 0. The van der Waals surface area contributed by atoms with Gasteiger partial charge >= 0.3 is 0 Å². The summed E-state index contributed by atoms with van der Waals surface area (Å²) in [5, 5.41) is 9.45. The van der Waals surface area contributed by atoms with Crippen molar-refractivity contribution < 1.29 is 9.47 Å². The fourth-order valence-electron chi connectivity index (χ4n) is 4.13. The van der Waals surface area contributed by atoms with Crippen LogP contribution in [0, 0.1) is 0 Å². The Kier molecular flexibility index (Phi) is 6.22. The summed E-state index contributed by atoms with van der Waals surface area (Å²) in [6, 6.07) is 12.3. The Morgan fingerprint density at radius 1 is 1.09 bits per heavy atom. The predicted molar refractivity (Wildman–Crippen MR) is 133 cm³/mol. The molecule has 174 valence electrons. The van der Waals surface area contributed by atoms with Gasteiger partial charge in [-0.1, -0.05) is 18.2 Å². The van der Waals surface area contributed by atoms with Crippen LogP contribution in [0.1, 0.15) is 31.5 Å². The van der Waals surface area contributed by atoms with Crippen molar-refractivity contribution in [1.82, 2.24) is 24.7 Å². The summed E-state index contributed by atoms with van der Waals surface area (Å²) in [6.07, 6.45) is 6.36. The molecule has 0 amide bonds. The van der Waals surface area contributed by atoms with Gasteiger partial charge in [-0.3, -0.25) is 4.68 Å². The lowest BCUT2D eigenvalue weighted by molar-refractivity contribution is 0.161. The lowest BCUT2D eigenvalue weighted by Crippen LogP contribution is -2.11. The number of methoxy groups -OCH3 is 1. The third-order valence-corrected chi connectivity index (χ3v) is 5.78. The van der Waals surface area contributed by atoms with Crippen molar-refractivity contribution in [3.63, 3.8) is 0 Å². The van der Waals surface area contributed by atoms with Crippen molar-refractivity contribution >= 4 is 22.3 Å². The average molecular weight is 457 g/mol. The van der Waals surface area contributed by atoms with Gasteiger partial charge in [0.1, 0.15) is 23.6 Å². The number of aromatic nitrogens is 5. The first kappa shape index (κ1) is 22.0. The molecule has 8 heteroatoms. The summed E-state index contributed by atoms with van der Waals surface area (Å²) in [4.78, 5) is 13.8. The van der Waals surface area contributed by atoms with E-state index in [0.717, 1.165) is 51.5 Å². The highest BCUT2D eigenvalue weighted by molar-refractivity contribution is 6.00. The molecule has 0 saturated heterocycles. The van der Waals surface area contributed by atoms with Crippen LogP contribution in [0.3, 0.4) is 0 Å². The highest BCUT2D eigenvalue weighted by Crippen LogP contribution is 2.33. The number of fused-ring (bicyclic) bond motifs is 1. The van der Waals surface area contributed by atoms with Crippen LogP contribution in [0.2, 0.25) is 0 Å². The Balaban J connectivity index is 1.62. The van der Waals surface area contributed by atoms with Crippen LogP contribution < -0.4 is 10.1 Å². The van der Waals surface area contributed by atoms with Gasteiger partial charge in [0.15, 0.2) is 0 Å². The summed E-state index contributed by atoms with van der Waals surface area (Å²) in [6.45, 7) is 6.13. The highest BCUT2D eigenvalue weighted by Gasteiger charge is 2.20. The maximum atomic E-state index is 5.46. The minimum absolute atomic E-state index is 0.226. The molecule has 1 aromatic carbocycles. The first-order valence-corrected chi connectivity index (χ1v) is 11.5. The number of benzene rings is 1. The molecule has 3 aromatic heterocycles. The van der Waals surface area contributed by atoms with E-state index in [2.05, 4.69) is 52.3 Å². The van der Waals surface area contributed by atoms with E-state index < -0.39 is 0 Å². The van der Waals surface area contributed by atoms with Crippen LogP contribution in [-0.2, 0) is 11.3 Å². The largest absolute Gasteiger partial charge is 0.497 e. The first-order valence-electron chi connectivity index (χ1n) is 11.5. The van der Waals surface area contributed by atoms with E-state index in [1.807, 2.05) is 35.1 Å². The second-order valence-corrected chi connectivity index (χ2v) is 8.55. The Labute approximate surface area is 198 Å². The van der Waals surface area contributed by atoms with Crippen LogP contribution in [0.25, 0.3) is 27.9 Å². The summed E-state index contributed by atoms with van der Waals surface area (Å²) in [7, 11) is 1.67. The molecule has 4 aromatic rings. The van der Waals surface area contributed by atoms with Gasteiger partial charge in [0.25, 0.3) is 0 Å². The Morgan fingerprint density at radius 2 is 1.91 bits per heavy atom. The molecule has 34 heavy (non-hydrogen) atoms. The number of anilines is 1. The molecule has 0 unspecified atom stereocenters. The van der Waals surface area contributed by atoms with E-state index in [-0.39, 0.29) is 6.04 Å². The quantitative estimate of drug-likeness (QED) is 0.436. The molecule has 0 aliphatic carbocycles. The molecule has 1 aliphatic rings. The normalized spacial score (nSPS) is 13.8. The van der Waals surface area contributed by atoms with Crippen molar-refractivity contribution in [2.24, 2.45) is 0 Å². The average Bonchev–Trinajstić information content (AvgIpc) is 3.24. The predicted octanol–water partition coefficient (Wildman–Crippen LogP) is 4.57. The standard InChI is InChI=1S/C26H28N6O2/c1-17(2)30-26-24-23(8-11-27-26)32(15-18-4-6-20(33-3)7-5-18)31-25(24)22-14-21(28-16-29-22)19-9-12-34-13-10-19/h4-9,11,14,16-17H,10,12-13,15H2,1-3H3,(H,27,30). The molecule has 0 fully saturated rings. The smallest absolute Gasteiger partial charge is 0.137 e. The highest BCUT2D eigenvalue weighted by atomic mass is 16.5. The van der Waals surface area contributed by atoms with E-state index in [9.17, 15) is 0 Å². The summed E-state index contributed by atoms with van der Waals surface area (Å²) in [5.41, 5.74) is 5.77. The maximum absolute atomic E-state index is 5.46. The number of ether oxygens (including phenoxy) is 2. The second-order valence-electron chi connectivity index (χ2n) is 8.55. The van der Waals surface area contributed by atoms with Crippen LogP contribution in [0.15, 0.2) is 55.0 Å². The van der Waals surface area contributed by atoms with Gasteiger partial charge in [0.05, 0.1) is 49.2 Å². The topological polar surface area (TPSA) is 87.0 Å². The first-order chi connectivity index (χ1) is 16.6. The molecule has 1 N–H and O–H groups in total. The maximum Gasteiger partial charge on any atom is 0.137 e. The van der Waals surface area contributed by atoms with Gasteiger partial charge in [-0.15, -0.1) is 0 Å². The van der Waals surface area contributed by atoms with E-state index in [1.165, 1.54) is 5.57 Å². The van der Waals surface area contributed by atoms with E-state index in [1.54, 1.807) is 13.4 Å². The lowest BCUT2D eigenvalue weighted by Gasteiger charge is -2.13. The van der Waals surface area contributed by atoms with Crippen LogP contribution in [0.4, 0.5) is 5.82 Å². The third-order valence-electron chi connectivity index (χ3n) is 5.78. The van der Waals surface area contributed by atoms with Crippen molar-refractivity contribution in [2.75, 3.05) is 25.6 Å². The molecule has 4 heterocycles. The van der Waals surface area contributed by atoms with Crippen molar-refractivity contribution in [1.29, 1.82) is 0 Å². The zero-order valence-electron chi connectivity index (χ0n) is 19.7. The number of nitrogens with zero attached hydrogens (tertiary/aromatic N) is 5. The van der Waals surface area contributed by atoms with Gasteiger partial charge in [-0.05, 0) is 55.7 Å². The monoisotopic (exact) mass is 456 g/mol. The zero-order valence-corrected chi connectivity index (χ0v) is 19.7. The number of hydrogen-bond donors (Lipinski definition) is 1. The molecule has 0 saturated carbocycles. The van der Waals surface area contributed by atoms with Gasteiger partial charge in [0.2, 0.25) is 0 Å². The minimum Gasteiger partial charge on any atom is -0.497 e. The fraction of sp³-hybridized carbons (Fsp3) is 0.308. The second kappa shape index (κ2) is 9.61. The Bertz CT molecular complexity index is 1330. The van der Waals surface area contributed by atoms with Crippen molar-refractivity contribution in [2.45, 2.75) is 32.9 Å². The van der Waals surface area contributed by atoms with Crippen LogP contribution >= 0.6 is 0 Å². The van der Waals surface area contributed by atoms with Gasteiger partial charge < -0.3 is 14.8 Å². The number of nitrogens with one attached hydrogen (secondary N) is 1.